The van der Waals surface area contributed by atoms with Crippen molar-refractivity contribution in [1.29, 1.82) is 0 Å². The number of hydrogen-bond acceptors (Lipinski definition) is 2. The lowest BCUT2D eigenvalue weighted by Crippen LogP contribution is -2.47. The molecular weight excluding hydrogens is 432 g/mol. The Kier molecular flexibility index (Phi) is 7.14. The van der Waals surface area contributed by atoms with Crippen molar-refractivity contribution >= 4 is 23.4 Å². The monoisotopic (exact) mass is 460 g/mol. The molecule has 1 unspecified atom stereocenters. The average molecular weight is 461 g/mol. The SMILES string of the molecule is Cc1cccc(-c2ccccc2C(=O)NC2CCCCN(Cc3ccc(Cl)cc3)C2=O)c1C. The zero-order chi connectivity index (χ0) is 23.4. The van der Waals surface area contributed by atoms with Gasteiger partial charge in [-0.1, -0.05) is 60.1 Å². The van der Waals surface area contributed by atoms with Gasteiger partial charge in [0.1, 0.15) is 6.04 Å². The molecule has 0 spiro atoms. The number of nitrogens with one attached hydrogen (secondary N) is 1. The number of aryl methyl sites for hydroxylation is 1. The molecule has 3 aromatic rings. The summed E-state index contributed by atoms with van der Waals surface area (Å²) in [5, 5.41) is 3.72. The molecule has 170 valence electrons. The fourth-order valence-electron chi connectivity index (χ4n) is 4.40. The molecule has 1 atom stereocenters. The van der Waals surface area contributed by atoms with Crippen LogP contribution < -0.4 is 5.32 Å². The summed E-state index contributed by atoms with van der Waals surface area (Å²) in [6.07, 6.45) is 2.46. The Labute approximate surface area is 200 Å². The highest BCUT2D eigenvalue weighted by molar-refractivity contribution is 6.30. The van der Waals surface area contributed by atoms with Crippen molar-refractivity contribution in [3.05, 3.63) is 94.0 Å². The topological polar surface area (TPSA) is 49.4 Å². The predicted octanol–water partition coefficient (Wildman–Crippen LogP) is 5.93. The number of rotatable bonds is 5. The molecule has 4 rings (SSSR count). The molecule has 1 fully saturated rings. The number of amides is 2. The normalized spacial score (nSPS) is 16.4. The van der Waals surface area contributed by atoms with Crippen LogP contribution in [0.4, 0.5) is 0 Å². The van der Waals surface area contributed by atoms with E-state index in [2.05, 4.69) is 25.2 Å². The summed E-state index contributed by atoms with van der Waals surface area (Å²) in [7, 11) is 0. The van der Waals surface area contributed by atoms with Gasteiger partial charge in [-0.2, -0.15) is 0 Å². The fraction of sp³-hybridized carbons (Fsp3) is 0.286. The highest BCUT2D eigenvalue weighted by Gasteiger charge is 2.29. The molecule has 0 aromatic heterocycles. The molecule has 1 aliphatic heterocycles. The molecule has 1 aliphatic rings. The predicted molar refractivity (Wildman–Crippen MR) is 133 cm³/mol. The van der Waals surface area contributed by atoms with E-state index in [0.717, 1.165) is 35.1 Å². The van der Waals surface area contributed by atoms with Crippen molar-refractivity contribution in [2.24, 2.45) is 0 Å². The zero-order valence-electron chi connectivity index (χ0n) is 19.1. The van der Waals surface area contributed by atoms with Crippen molar-refractivity contribution in [2.45, 2.75) is 45.7 Å². The van der Waals surface area contributed by atoms with E-state index in [1.807, 2.05) is 65.6 Å². The molecule has 33 heavy (non-hydrogen) atoms. The molecular formula is C28H29ClN2O2. The third-order valence-electron chi connectivity index (χ3n) is 6.44. The van der Waals surface area contributed by atoms with Gasteiger partial charge in [0.05, 0.1) is 0 Å². The lowest BCUT2D eigenvalue weighted by atomic mass is 9.93. The Hall–Kier alpha value is -3.11. The molecule has 4 nitrogen and oxygen atoms in total. The van der Waals surface area contributed by atoms with Crippen molar-refractivity contribution in [3.8, 4) is 11.1 Å². The van der Waals surface area contributed by atoms with Crippen LogP contribution in [0.3, 0.4) is 0 Å². The first kappa shape index (κ1) is 23.1. The molecule has 2 amide bonds. The Morgan fingerprint density at radius 3 is 2.48 bits per heavy atom. The number of benzene rings is 3. The number of carbonyl (C=O) groups is 2. The lowest BCUT2D eigenvalue weighted by molar-refractivity contribution is -0.133. The Morgan fingerprint density at radius 2 is 1.70 bits per heavy atom. The van der Waals surface area contributed by atoms with E-state index in [1.54, 1.807) is 0 Å². The quantitative estimate of drug-likeness (QED) is 0.512. The molecule has 1 N–H and O–H groups in total. The molecule has 5 heteroatoms. The van der Waals surface area contributed by atoms with Gasteiger partial charge >= 0.3 is 0 Å². The first-order valence-electron chi connectivity index (χ1n) is 11.4. The summed E-state index contributed by atoms with van der Waals surface area (Å²) in [6.45, 7) is 5.35. The van der Waals surface area contributed by atoms with Crippen LogP contribution in [-0.4, -0.2) is 29.3 Å². The van der Waals surface area contributed by atoms with Crippen LogP contribution in [0.1, 0.15) is 46.3 Å². The second-order valence-corrected chi connectivity index (χ2v) is 9.14. The molecule has 0 saturated carbocycles. The van der Waals surface area contributed by atoms with Gasteiger partial charge in [0.15, 0.2) is 0 Å². The summed E-state index contributed by atoms with van der Waals surface area (Å²) >= 11 is 6.00. The van der Waals surface area contributed by atoms with Gasteiger partial charge in [-0.3, -0.25) is 9.59 Å². The minimum absolute atomic E-state index is 0.0278. The van der Waals surface area contributed by atoms with E-state index in [-0.39, 0.29) is 11.8 Å². The van der Waals surface area contributed by atoms with Crippen LogP contribution in [0.2, 0.25) is 5.02 Å². The number of carbonyl (C=O) groups excluding carboxylic acids is 2. The first-order valence-corrected chi connectivity index (χ1v) is 11.8. The van der Waals surface area contributed by atoms with Gasteiger partial charge in [0.25, 0.3) is 5.91 Å². The van der Waals surface area contributed by atoms with Crippen molar-refractivity contribution in [1.82, 2.24) is 10.2 Å². The van der Waals surface area contributed by atoms with Crippen LogP contribution in [-0.2, 0) is 11.3 Å². The van der Waals surface area contributed by atoms with Gasteiger partial charge in [-0.15, -0.1) is 0 Å². The second kappa shape index (κ2) is 10.2. The minimum Gasteiger partial charge on any atom is -0.340 e. The van der Waals surface area contributed by atoms with E-state index in [4.69, 9.17) is 11.6 Å². The third kappa shape index (κ3) is 5.28. The largest absolute Gasteiger partial charge is 0.340 e. The summed E-state index contributed by atoms with van der Waals surface area (Å²) in [5.41, 5.74) is 5.87. The maximum absolute atomic E-state index is 13.4. The minimum atomic E-state index is -0.529. The van der Waals surface area contributed by atoms with Gasteiger partial charge < -0.3 is 10.2 Å². The summed E-state index contributed by atoms with van der Waals surface area (Å²) in [5.74, 6) is -0.238. The number of halogens is 1. The van der Waals surface area contributed by atoms with Crippen molar-refractivity contribution in [2.75, 3.05) is 6.54 Å². The van der Waals surface area contributed by atoms with Gasteiger partial charge in [-0.25, -0.2) is 0 Å². The molecule has 3 aromatic carbocycles. The van der Waals surface area contributed by atoms with E-state index in [1.165, 1.54) is 5.56 Å². The van der Waals surface area contributed by atoms with Crippen LogP contribution in [0.5, 0.6) is 0 Å². The van der Waals surface area contributed by atoms with E-state index < -0.39 is 6.04 Å². The third-order valence-corrected chi connectivity index (χ3v) is 6.69. The smallest absolute Gasteiger partial charge is 0.252 e. The van der Waals surface area contributed by atoms with Crippen molar-refractivity contribution in [3.63, 3.8) is 0 Å². The molecule has 1 heterocycles. The summed E-state index contributed by atoms with van der Waals surface area (Å²) < 4.78 is 0. The molecule has 0 bridgehead atoms. The average Bonchev–Trinajstić information content (AvgIpc) is 2.98. The van der Waals surface area contributed by atoms with Gasteiger partial charge in [0, 0.05) is 23.7 Å². The number of nitrogens with zero attached hydrogens (tertiary/aromatic N) is 1. The standard InChI is InChI=1S/C28H29ClN2O2/c1-19-8-7-11-23(20(19)2)24-9-3-4-10-25(24)27(32)30-26-12-5-6-17-31(28(26)33)18-21-13-15-22(29)16-14-21/h3-4,7-11,13-16,26H,5-6,12,17-18H2,1-2H3,(H,30,32). The molecule has 0 radical (unpaired) electrons. The highest BCUT2D eigenvalue weighted by Crippen LogP contribution is 2.29. The first-order chi connectivity index (χ1) is 15.9. The van der Waals surface area contributed by atoms with Crippen LogP contribution in [0.15, 0.2) is 66.7 Å². The lowest BCUT2D eigenvalue weighted by Gasteiger charge is -2.25. The van der Waals surface area contributed by atoms with Gasteiger partial charge in [0.2, 0.25) is 5.91 Å². The van der Waals surface area contributed by atoms with Crippen LogP contribution >= 0.6 is 11.6 Å². The van der Waals surface area contributed by atoms with Gasteiger partial charge in [-0.05, 0) is 79.1 Å². The Morgan fingerprint density at radius 1 is 0.970 bits per heavy atom. The summed E-state index contributed by atoms with van der Waals surface area (Å²) in [6, 6.07) is 20.8. The Balaban J connectivity index is 1.55. The van der Waals surface area contributed by atoms with E-state index >= 15 is 0 Å². The highest BCUT2D eigenvalue weighted by atomic mass is 35.5. The fourth-order valence-corrected chi connectivity index (χ4v) is 4.53. The second-order valence-electron chi connectivity index (χ2n) is 8.70. The van der Waals surface area contributed by atoms with E-state index in [0.29, 0.717) is 30.1 Å². The Bertz CT molecular complexity index is 1160. The zero-order valence-corrected chi connectivity index (χ0v) is 19.9. The molecule has 1 saturated heterocycles. The number of likely N-dealkylation sites (tertiary alicyclic amines) is 1. The maximum Gasteiger partial charge on any atom is 0.252 e. The maximum atomic E-state index is 13.4. The van der Waals surface area contributed by atoms with Crippen molar-refractivity contribution < 1.29 is 9.59 Å². The van der Waals surface area contributed by atoms with Crippen LogP contribution in [0.25, 0.3) is 11.1 Å². The van der Waals surface area contributed by atoms with Crippen LogP contribution in [0, 0.1) is 13.8 Å². The number of hydrogen-bond donors (Lipinski definition) is 1. The molecule has 0 aliphatic carbocycles. The summed E-state index contributed by atoms with van der Waals surface area (Å²) in [4.78, 5) is 28.5. The van der Waals surface area contributed by atoms with E-state index in [9.17, 15) is 9.59 Å².